The molecule has 0 radical (unpaired) electrons. The minimum Gasteiger partial charge on any atom is -0.492 e. The van der Waals surface area contributed by atoms with E-state index in [1.165, 1.54) is 11.6 Å². The monoisotopic (exact) mass is 342 g/mol. The molecule has 0 saturated heterocycles. The van der Waals surface area contributed by atoms with Crippen LogP contribution in [-0.2, 0) is 22.6 Å². The molecule has 0 saturated carbocycles. The quantitative estimate of drug-likeness (QED) is 0.801. The van der Waals surface area contributed by atoms with E-state index in [1.807, 2.05) is 13.8 Å². The van der Waals surface area contributed by atoms with Gasteiger partial charge in [0.15, 0.2) is 5.03 Å². The summed E-state index contributed by atoms with van der Waals surface area (Å²) in [4.78, 5) is 3.75. The van der Waals surface area contributed by atoms with Gasteiger partial charge >= 0.3 is 10.1 Å². The van der Waals surface area contributed by atoms with Crippen molar-refractivity contribution in [3.8, 4) is 11.5 Å². The predicted molar refractivity (Wildman–Crippen MR) is 81.0 cm³/mol. The lowest BCUT2D eigenvalue weighted by molar-refractivity contribution is 0.291. The SMILES string of the molecule is Cn1c(S(=O)(=O)Oc2ccc3c(c2)C(C)(C)CO3)cnc1Cl. The Balaban J connectivity index is 1.96. The van der Waals surface area contributed by atoms with Crippen molar-refractivity contribution in [2.24, 2.45) is 7.05 Å². The lowest BCUT2D eigenvalue weighted by atomic mass is 9.87. The number of hydrogen-bond donors (Lipinski definition) is 0. The fourth-order valence-electron chi connectivity index (χ4n) is 2.33. The molecule has 22 heavy (non-hydrogen) atoms. The molecular weight excluding hydrogens is 328 g/mol. The van der Waals surface area contributed by atoms with Gasteiger partial charge in [-0.15, -0.1) is 0 Å². The molecule has 1 aromatic carbocycles. The number of ether oxygens (including phenoxy) is 1. The van der Waals surface area contributed by atoms with Crippen molar-refractivity contribution >= 4 is 21.7 Å². The molecule has 0 fully saturated rings. The van der Waals surface area contributed by atoms with E-state index in [4.69, 9.17) is 20.5 Å². The summed E-state index contributed by atoms with van der Waals surface area (Å²) in [5.74, 6) is 0.980. The third-order valence-electron chi connectivity index (χ3n) is 3.62. The highest BCUT2D eigenvalue weighted by atomic mass is 35.5. The largest absolute Gasteiger partial charge is 0.492 e. The lowest BCUT2D eigenvalue weighted by Gasteiger charge is -2.16. The molecule has 0 unspecified atom stereocenters. The van der Waals surface area contributed by atoms with Gasteiger partial charge in [-0.25, -0.2) is 4.98 Å². The molecule has 6 nitrogen and oxygen atoms in total. The summed E-state index contributed by atoms with van der Waals surface area (Å²) in [6.45, 7) is 4.60. The fourth-order valence-corrected chi connectivity index (χ4v) is 3.56. The molecule has 0 amide bonds. The van der Waals surface area contributed by atoms with E-state index in [2.05, 4.69) is 4.98 Å². The van der Waals surface area contributed by atoms with Gasteiger partial charge in [0.25, 0.3) is 0 Å². The molecule has 0 atom stereocenters. The summed E-state index contributed by atoms with van der Waals surface area (Å²) < 4.78 is 36.7. The van der Waals surface area contributed by atoms with Crippen LogP contribution in [0.3, 0.4) is 0 Å². The number of rotatable bonds is 3. The second kappa shape index (κ2) is 4.89. The Hall–Kier alpha value is -1.73. The number of halogens is 1. The molecule has 1 aliphatic heterocycles. The van der Waals surface area contributed by atoms with Crippen LogP contribution in [0.4, 0.5) is 0 Å². The van der Waals surface area contributed by atoms with E-state index in [1.54, 1.807) is 18.2 Å². The Morgan fingerprint density at radius 2 is 2.14 bits per heavy atom. The molecule has 0 bridgehead atoms. The number of hydrogen-bond acceptors (Lipinski definition) is 5. The van der Waals surface area contributed by atoms with E-state index in [0.29, 0.717) is 6.61 Å². The van der Waals surface area contributed by atoms with E-state index in [-0.39, 0.29) is 21.5 Å². The average Bonchev–Trinajstić information content (AvgIpc) is 2.92. The first-order valence-corrected chi connectivity index (χ1v) is 8.38. The van der Waals surface area contributed by atoms with Crippen molar-refractivity contribution in [3.63, 3.8) is 0 Å². The molecule has 0 N–H and O–H groups in total. The van der Waals surface area contributed by atoms with Crippen LogP contribution in [0.1, 0.15) is 19.4 Å². The second-order valence-corrected chi connectivity index (χ2v) is 7.62. The summed E-state index contributed by atoms with van der Waals surface area (Å²) in [7, 11) is -2.50. The second-order valence-electron chi connectivity index (χ2n) is 5.79. The molecule has 0 spiro atoms. The van der Waals surface area contributed by atoms with Gasteiger partial charge in [-0.1, -0.05) is 13.8 Å². The van der Waals surface area contributed by atoms with Gasteiger partial charge in [-0.2, -0.15) is 8.42 Å². The zero-order chi connectivity index (χ0) is 16.1. The van der Waals surface area contributed by atoms with Crippen molar-refractivity contribution in [1.29, 1.82) is 0 Å². The van der Waals surface area contributed by atoms with Gasteiger partial charge in [0.05, 0.1) is 12.8 Å². The maximum Gasteiger partial charge on any atom is 0.356 e. The molecule has 2 aromatic rings. The van der Waals surface area contributed by atoms with E-state index in [9.17, 15) is 8.42 Å². The highest BCUT2D eigenvalue weighted by Crippen LogP contribution is 2.40. The minimum absolute atomic E-state index is 0.0747. The van der Waals surface area contributed by atoms with Crippen molar-refractivity contribution in [1.82, 2.24) is 9.55 Å². The van der Waals surface area contributed by atoms with Crippen molar-refractivity contribution in [2.45, 2.75) is 24.3 Å². The maximum absolute atomic E-state index is 12.3. The van der Waals surface area contributed by atoms with Gasteiger partial charge in [-0.3, -0.25) is 0 Å². The van der Waals surface area contributed by atoms with Crippen LogP contribution < -0.4 is 8.92 Å². The number of imidazole rings is 1. The lowest BCUT2D eigenvalue weighted by Crippen LogP contribution is -2.18. The van der Waals surface area contributed by atoms with Crippen LogP contribution in [0, 0.1) is 0 Å². The number of aromatic nitrogens is 2. The summed E-state index contributed by atoms with van der Waals surface area (Å²) >= 11 is 5.77. The molecule has 2 heterocycles. The minimum atomic E-state index is -4.00. The highest BCUT2D eigenvalue weighted by molar-refractivity contribution is 7.87. The van der Waals surface area contributed by atoms with Gasteiger partial charge in [0.2, 0.25) is 5.28 Å². The first-order chi connectivity index (χ1) is 10.2. The van der Waals surface area contributed by atoms with Gasteiger partial charge < -0.3 is 13.5 Å². The topological polar surface area (TPSA) is 70.4 Å². The van der Waals surface area contributed by atoms with Crippen LogP contribution in [0.25, 0.3) is 0 Å². The first-order valence-electron chi connectivity index (χ1n) is 6.60. The highest BCUT2D eigenvalue weighted by Gasteiger charge is 2.32. The summed E-state index contributed by atoms with van der Waals surface area (Å²) in [5, 5.41) is -0.0285. The van der Waals surface area contributed by atoms with Gasteiger partial charge in [-0.05, 0) is 29.8 Å². The number of benzene rings is 1. The Kier molecular flexibility index (Phi) is 3.37. The van der Waals surface area contributed by atoms with Crippen molar-refractivity contribution in [2.75, 3.05) is 6.61 Å². The predicted octanol–water partition coefficient (Wildman–Crippen LogP) is 2.51. The average molecular weight is 343 g/mol. The zero-order valence-corrected chi connectivity index (χ0v) is 13.9. The van der Waals surface area contributed by atoms with Crippen LogP contribution in [-0.4, -0.2) is 24.6 Å². The molecule has 3 rings (SSSR count). The molecule has 8 heteroatoms. The van der Waals surface area contributed by atoms with Crippen LogP contribution >= 0.6 is 11.6 Å². The summed E-state index contributed by atoms with van der Waals surface area (Å²) in [6.07, 6.45) is 1.16. The maximum atomic E-state index is 12.3. The Bertz CT molecular complexity index is 843. The number of nitrogens with zero attached hydrogens (tertiary/aromatic N) is 2. The number of fused-ring (bicyclic) bond motifs is 1. The van der Waals surface area contributed by atoms with Gasteiger partial charge in [0, 0.05) is 18.0 Å². The zero-order valence-electron chi connectivity index (χ0n) is 12.3. The third-order valence-corrected chi connectivity index (χ3v) is 5.27. The van der Waals surface area contributed by atoms with Crippen molar-refractivity contribution < 1.29 is 17.3 Å². The third kappa shape index (κ3) is 2.44. The summed E-state index contributed by atoms with van der Waals surface area (Å²) in [6, 6.07) is 4.97. The Labute approximate surface area is 133 Å². The normalized spacial score (nSPS) is 16.2. The molecule has 1 aliphatic rings. The summed E-state index contributed by atoms with van der Waals surface area (Å²) in [5.41, 5.74) is 0.733. The smallest absolute Gasteiger partial charge is 0.356 e. The Morgan fingerprint density at radius 3 is 2.77 bits per heavy atom. The first kappa shape index (κ1) is 15.2. The van der Waals surface area contributed by atoms with Crippen LogP contribution in [0.5, 0.6) is 11.5 Å². The van der Waals surface area contributed by atoms with Crippen LogP contribution in [0.15, 0.2) is 29.4 Å². The van der Waals surface area contributed by atoms with E-state index < -0.39 is 10.1 Å². The van der Waals surface area contributed by atoms with Gasteiger partial charge in [0.1, 0.15) is 11.5 Å². The fraction of sp³-hybridized carbons (Fsp3) is 0.357. The van der Waals surface area contributed by atoms with Crippen molar-refractivity contribution in [3.05, 3.63) is 35.2 Å². The van der Waals surface area contributed by atoms with E-state index in [0.717, 1.165) is 17.5 Å². The molecule has 118 valence electrons. The van der Waals surface area contributed by atoms with Crippen LogP contribution in [0.2, 0.25) is 5.28 Å². The molecule has 1 aromatic heterocycles. The standard InChI is InChI=1S/C14H15ClN2O4S/c1-14(2)8-20-11-5-4-9(6-10(11)14)21-22(18,19)12-7-16-13(15)17(12)3/h4-7H,8H2,1-3H3. The Morgan fingerprint density at radius 1 is 1.41 bits per heavy atom. The molecular formula is C14H15ClN2O4S. The molecule has 0 aliphatic carbocycles. The van der Waals surface area contributed by atoms with E-state index >= 15 is 0 Å².